The van der Waals surface area contributed by atoms with Crippen LogP contribution in [-0.2, 0) is 4.79 Å². The summed E-state index contributed by atoms with van der Waals surface area (Å²) in [4.78, 5) is 12.5. The largest absolute Gasteiger partial charge is 0.481 e. The molecule has 0 atom stereocenters. The summed E-state index contributed by atoms with van der Waals surface area (Å²) < 4.78 is 0. The van der Waals surface area contributed by atoms with Crippen LogP contribution in [0.4, 0.5) is 0 Å². The standard InChI is InChI=1S/C9H10O2S2/c1-12-7-3-2-4-8(5-7)13-6-9(10)11/h2-5H,6H2,1H3,(H,10,11). The molecular weight excluding hydrogens is 204 g/mol. The van der Waals surface area contributed by atoms with Gasteiger partial charge in [-0.1, -0.05) is 6.07 Å². The van der Waals surface area contributed by atoms with Gasteiger partial charge >= 0.3 is 5.97 Å². The molecule has 0 aliphatic rings. The van der Waals surface area contributed by atoms with E-state index in [4.69, 9.17) is 5.11 Å². The third-order valence-corrected chi connectivity index (χ3v) is 3.11. The molecule has 1 aromatic carbocycles. The van der Waals surface area contributed by atoms with Gasteiger partial charge in [-0.15, -0.1) is 23.5 Å². The Kier molecular flexibility index (Phi) is 4.18. The van der Waals surface area contributed by atoms with Gasteiger partial charge in [-0.05, 0) is 24.5 Å². The summed E-state index contributed by atoms with van der Waals surface area (Å²) in [6, 6.07) is 7.87. The number of hydrogen-bond acceptors (Lipinski definition) is 3. The highest BCUT2D eigenvalue weighted by molar-refractivity contribution is 8.00. The van der Waals surface area contributed by atoms with Gasteiger partial charge in [0.2, 0.25) is 0 Å². The smallest absolute Gasteiger partial charge is 0.313 e. The zero-order valence-corrected chi connectivity index (χ0v) is 8.82. The van der Waals surface area contributed by atoms with Gasteiger partial charge in [0.25, 0.3) is 0 Å². The fraction of sp³-hybridized carbons (Fsp3) is 0.222. The summed E-state index contributed by atoms with van der Waals surface area (Å²) in [5, 5.41) is 8.48. The number of carboxylic acids is 1. The highest BCUT2D eigenvalue weighted by Crippen LogP contribution is 2.23. The Morgan fingerprint density at radius 3 is 2.77 bits per heavy atom. The lowest BCUT2D eigenvalue weighted by Crippen LogP contribution is -1.97. The number of aliphatic carboxylic acids is 1. The van der Waals surface area contributed by atoms with E-state index in [9.17, 15) is 4.79 Å². The van der Waals surface area contributed by atoms with Crippen LogP contribution in [-0.4, -0.2) is 23.1 Å². The van der Waals surface area contributed by atoms with E-state index in [2.05, 4.69) is 0 Å². The van der Waals surface area contributed by atoms with E-state index in [0.717, 1.165) is 9.79 Å². The number of carboxylic acid groups (broad SMARTS) is 1. The maximum Gasteiger partial charge on any atom is 0.313 e. The fourth-order valence-electron chi connectivity index (χ4n) is 0.836. The Labute approximate surface area is 85.7 Å². The van der Waals surface area contributed by atoms with Gasteiger partial charge in [-0.3, -0.25) is 4.79 Å². The summed E-state index contributed by atoms with van der Waals surface area (Å²) in [5.74, 6) is -0.655. The maximum absolute atomic E-state index is 10.3. The minimum Gasteiger partial charge on any atom is -0.481 e. The SMILES string of the molecule is CSc1cccc(SCC(=O)O)c1. The van der Waals surface area contributed by atoms with Crippen molar-refractivity contribution in [2.75, 3.05) is 12.0 Å². The number of carbonyl (C=O) groups is 1. The lowest BCUT2D eigenvalue weighted by molar-refractivity contribution is -0.133. The van der Waals surface area contributed by atoms with Crippen molar-refractivity contribution in [1.82, 2.24) is 0 Å². The molecule has 0 aliphatic heterocycles. The third kappa shape index (κ3) is 3.74. The van der Waals surface area contributed by atoms with Crippen LogP contribution < -0.4 is 0 Å². The molecule has 13 heavy (non-hydrogen) atoms. The first-order chi connectivity index (χ1) is 6.22. The topological polar surface area (TPSA) is 37.3 Å². The zero-order valence-electron chi connectivity index (χ0n) is 7.19. The van der Waals surface area contributed by atoms with Crippen molar-refractivity contribution in [2.45, 2.75) is 9.79 Å². The van der Waals surface area contributed by atoms with Crippen LogP contribution in [0.15, 0.2) is 34.1 Å². The van der Waals surface area contributed by atoms with E-state index in [1.165, 1.54) is 11.8 Å². The van der Waals surface area contributed by atoms with Crippen LogP contribution in [0.5, 0.6) is 0 Å². The van der Waals surface area contributed by atoms with Crippen LogP contribution in [0.25, 0.3) is 0 Å². The molecule has 1 N–H and O–H groups in total. The molecule has 0 spiro atoms. The van der Waals surface area contributed by atoms with Gasteiger partial charge in [0, 0.05) is 9.79 Å². The molecule has 0 radical (unpaired) electrons. The first kappa shape index (κ1) is 10.5. The normalized spacial score (nSPS) is 9.92. The highest BCUT2D eigenvalue weighted by Gasteiger charge is 1.99. The molecule has 1 aromatic rings. The van der Waals surface area contributed by atoms with Crippen LogP contribution >= 0.6 is 23.5 Å². The molecule has 0 amide bonds. The van der Waals surface area contributed by atoms with Crippen LogP contribution in [0.2, 0.25) is 0 Å². The summed E-state index contributed by atoms with van der Waals surface area (Å²) in [6.07, 6.45) is 2.00. The first-order valence-electron chi connectivity index (χ1n) is 3.71. The maximum atomic E-state index is 10.3. The third-order valence-electron chi connectivity index (χ3n) is 1.40. The fourth-order valence-corrected chi connectivity index (χ4v) is 2.05. The number of hydrogen-bond donors (Lipinski definition) is 1. The molecule has 0 heterocycles. The summed E-state index contributed by atoms with van der Waals surface area (Å²) >= 11 is 3.00. The van der Waals surface area contributed by atoms with E-state index >= 15 is 0 Å². The van der Waals surface area contributed by atoms with Crippen molar-refractivity contribution in [3.05, 3.63) is 24.3 Å². The van der Waals surface area contributed by atoms with Crippen LogP contribution in [0, 0.1) is 0 Å². The molecule has 0 unspecified atom stereocenters. The lowest BCUT2D eigenvalue weighted by atomic mass is 10.4. The highest BCUT2D eigenvalue weighted by atomic mass is 32.2. The molecular formula is C9H10O2S2. The molecule has 0 saturated heterocycles. The predicted octanol–water partition coefficient (Wildman–Crippen LogP) is 2.59. The van der Waals surface area contributed by atoms with Crippen molar-refractivity contribution in [1.29, 1.82) is 0 Å². The molecule has 2 nitrogen and oxygen atoms in total. The van der Waals surface area contributed by atoms with Crippen molar-refractivity contribution in [3.63, 3.8) is 0 Å². The van der Waals surface area contributed by atoms with E-state index in [1.807, 2.05) is 30.5 Å². The number of rotatable bonds is 4. The molecule has 1 rings (SSSR count). The van der Waals surface area contributed by atoms with Gasteiger partial charge in [0.15, 0.2) is 0 Å². The molecule has 0 fully saturated rings. The Balaban J connectivity index is 2.61. The summed E-state index contributed by atoms with van der Waals surface area (Å²) in [5.41, 5.74) is 0. The van der Waals surface area contributed by atoms with Crippen molar-refractivity contribution >= 4 is 29.5 Å². The van der Waals surface area contributed by atoms with E-state index in [0.29, 0.717) is 0 Å². The van der Waals surface area contributed by atoms with E-state index < -0.39 is 5.97 Å². The van der Waals surface area contributed by atoms with E-state index in [-0.39, 0.29) is 5.75 Å². The van der Waals surface area contributed by atoms with Gasteiger partial charge < -0.3 is 5.11 Å². The van der Waals surface area contributed by atoms with E-state index in [1.54, 1.807) is 11.8 Å². The average Bonchev–Trinajstić information content (AvgIpc) is 2.15. The number of benzene rings is 1. The van der Waals surface area contributed by atoms with Crippen molar-refractivity contribution in [3.8, 4) is 0 Å². The van der Waals surface area contributed by atoms with Crippen molar-refractivity contribution in [2.24, 2.45) is 0 Å². The molecule has 4 heteroatoms. The van der Waals surface area contributed by atoms with Gasteiger partial charge in [0.05, 0.1) is 5.75 Å². The summed E-state index contributed by atoms with van der Waals surface area (Å²) in [7, 11) is 0. The minimum absolute atomic E-state index is 0.123. The molecule has 0 aromatic heterocycles. The Morgan fingerprint density at radius 1 is 1.46 bits per heavy atom. The van der Waals surface area contributed by atoms with Crippen molar-refractivity contribution < 1.29 is 9.90 Å². The zero-order chi connectivity index (χ0) is 9.68. The van der Waals surface area contributed by atoms with Crippen LogP contribution in [0.1, 0.15) is 0 Å². The Hall–Kier alpha value is -0.610. The molecule has 0 saturated carbocycles. The first-order valence-corrected chi connectivity index (χ1v) is 5.92. The predicted molar refractivity (Wildman–Crippen MR) is 56.6 cm³/mol. The Bertz CT molecular complexity index is 299. The van der Waals surface area contributed by atoms with Gasteiger partial charge in [-0.25, -0.2) is 0 Å². The second kappa shape index (κ2) is 5.19. The summed E-state index contributed by atoms with van der Waals surface area (Å²) in [6.45, 7) is 0. The minimum atomic E-state index is -0.778. The Morgan fingerprint density at radius 2 is 2.15 bits per heavy atom. The molecule has 0 bridgehead atoms. The molecule has 0 aliphatic carbocycles. The quantitative estimate of drug-likeness (QED) is 0.782. The number of thioether (sulfide) groups is 2. The van der Waals surface area contributed by atoms with Crippen LogP contribution in [0.3, 0.4) is 0 Å². The second-order valence-corrected chi connectivity index (χ2v) is 4.29. The average molecular weight is 214 g/mol. The van der Waals surface area contributed by atoms with Gasteiger partial charge in [-0.2, -0.15) is 0 Å². The van der Waals surface area contributed by atoms with Gasteiger partial charge in [0.1, 0.15) is 0 Å². The molecule has 70 valence electrons. The lowest BCUT2D eigenvalue weighted by Gasteiger charge is -2.00. The second-order valence-electron chi connectivity index (χ2n) is 2.36. The monoisotopic (exact) mass is 214 g/mol.